The number of fused-ring (bicyclic) bond motifs is 1. The van der Waals surface area contributed by atoms with E-state index in [0.717, 1.165) is 6.26 Å². The second kappa shape index (κ2) is 7.77. The summed E-state index contributed by atoms with van der Waals surface area (Å²) in [5.41, 5.74) is 0.758. The number of morpholine rings is 1. The summed E-state index contributed by atoms with van der Waals surface area (Å²) in [4.78, 5) is 27.6. The number of carbonyl (C=O) groups is 2. The molecule has 1 unspecified atom stereocenters. The number of furan rings is 1. The SMILES string of the molecule is CS(=O)(=O)N1CCCC1C(=O)Nc1c(C(=O)N2CCOCC2)oc2ccccc12. The molecule has 9 nitrogen and oxygen atoms in total. The number of para-hydroxylation sites is 1. The summed E-state index contributed by atoms with van der Waals surface area (Å²) in [6, 6.07) is 6.25. The van der Waals surface area contributed by atoms with Crippen molar-refractivity contribution in [1.82, 2.24) is 9.21 Å². The standard InChI is InChI=1S/C19H23N3O6S/c1-29(25,26)22-8-4-6-14(22)18(23)20-16-13-5-2-3-7-15(13)28-17(16)19(24)21-9-11-27-12-10-21/h2-3,5,7,14H,4,6,8-12H2,1H3,(H,20,23). The molecule has 2 aliphatic heterocycles. The maximum Gasteiger partial charge on any atom is 0.291 e. The number of ether oxygens (including phenoxy) is 1. The Balaban J connectivity index is 1.67. The Labute approximate surface area is 168 Å². The average Bonchev–Trinajstić information content (AvgIpc) is 3.34. The molecule has 0 aliphatic carbocycles. The molecular weight excluding hydrogens is 398 g/mol. The Bertz CT molecular complexity index is 1040. The second-order valence-corrected chi connectivity index (χ2v) is 9.16. The minimum atomic E-state index is -3.50. The average molecular weight is 421 g/mol. The molecule has 0 bridgehead atoms. The van der Waals surface area contributed by atoms with Crippen molar-refractivity contribution in [2.45, 2.75) is 18.9 Å². The predicted octanol–water partition coefficient (Wildman–Crippen LogP) is 1.27. The highest BCUT2D eigenvalue weighted by Gasteiger charge is 2.37. The van der Waals surface area contributed by atoms with Gasteiger partial charge in [-0.25, -0.2) is 8.42 Å². The van der Waals surface area contributed by atoms with Crippen LogP contribution < -0.4 is 5.32 Å². The Kier molecular flexibility index (Phi) is 5.32. The van der Waals surface area contributed by atoms with Crippen LogP contribution in [0.2, 0.25) is 0 Å². The van der Waals surface area contributed by atoms with Crippen molar-refractivity contribution in [3.8, 4) is 0 Å². The van der Waals surface area contributed by atoms with Crippen LogP contribution in [-0.2, 0) is 19.6 Å². The van der Waals surface area contributed by atoms with Crippen molar-refractivity contribution in [2.24, 2.45) is 0 Å². The first-order valence-corrected chi connectivity index (χ1v) is 11.4. The van der Waals surface area contributed by atoms with Gasteiger partial charge in [-0.1, -0.05) is 12.1 Å². The van der Waals surface area contributed by atoms with E-state index in [-0.39, 0.29) is 17.4 Å². The van der Waals surface area contributed by atoms with Crippen molar-refractivity contribution < 1.29 is 27.2 Å². The zero-order valence-corrected chi connectivity index (χ0v) is 16.9. The van der Waals surface area contributed by atoms with E-state index in [9.17, 15) is 18.0 Å². The normalized spacial score (nSPS) is 20.9. The number of carbonyl (C=O) groups excluding carboxylic acids is 2. The molecule has 2 amide bonds. The van der Waals surface area contributed by atoms with Gasteiger partial charge in [0.25, 0.3) is 5.91 Å². The van der Waals surface area contributed by atoms with Gasteiger partial charge in [0.05, 0.1) is 19.5 Å². The third-order valence-electron chi connectivity index (χ3n) is 5.27. The van der Waals surface area contributed by atoms with E-state index in [2.05, 4.69) is 5.32 Å². The summed E-state index contributed by atoms with van der Waals surface area (Å²) in [6.45, 7) is 2.07. The van der Waals surface area contributed by atoms with Crippen molar-refractivity contribution in [3.63, 3.8) is 0 Å². The monoisotopic (exact) mass is 421 g/mol. The van der Waals surface area contributed by atoms with Gasteiger partial charge in [-0.2, -0.15) is 4.31 Å². The highest BCUT2D eigenvalue weighted by molar-refractivity contribution is 7.88. The van der Waals surface area contributed by atoms with Crippen LogP contribution >= 0.6 is 0 Å². The highest BCUT2D eigenvalue weighted by Crippen LogP contribution is 2.33. The van der Waals surface area contributed by atoms with Crippen LogP contribution in [0.3, 0.4) is 0 Å². The Hall–Kier alpha value is -2.43. The molecule has 1 N–H and O–H groups in total. The molecule has 2 saturated heterocycles. The van der Waals surface area contributed by atoms with Crippen LogP contribution in [0.4, 0.5) is 5.69 Å². The largest absolute Gasteiger partial charge is 0.449 e. The van der Waals surface area contributed by atoms with Gasteiger partial charge < -0.3 is 19.4 Å². The number of sulfonamides is 1. The maximum absolute atomic E-state index is 13.0. The summed E-state index contributed by atoms with van der Waals surface area (Å²) >= 11 is 0. The van der Waals surface area contributed by atoms with Crippen LogP contribution in [0.25, 0.3) is 11.0 Å². The molecule has 0 spiro atoms. The van der Waals surface area contributed by atoms with Crippen LogP contribution in [0, 0.1) is 0 Å². The molecule has 3 heterocycles. The lowest BCUT2D eigenvalue weighted by Crippen LogP contribution is -2.43. The van der Waals surface area contributed by atoms with Crippen molar-refractivity contribution in [1.29, 1.82) is 0 Å². The van der Waals surface area contributed by atoms with Crippen molar-refractivity contribution in [2.75, 3.05) is 44.4 Å². The molecule has 1 atom stereocenters. The lowest BCUT2D eigenvalue weighted by Gasteiger charge is -2.26. The summed E-state index contributed by atoms with van der Waals surface area (Å²) in [7, 11) is -3.50. The third kappa shape index (κ3) is 3.87. The predicted molar refractivity (Wildman–Crippen MR) is 106 cm³/mol. The quantitative estimate of drug-likeness (QED) is 0.796. The van der Waals surface area contributed by atoms with Gasteiger partial charge in [0, 0.05) is 25.0 Å². The highest BCUT2D eigenvalue weighted by atomic mass is 32.2. The van der Waals surface area contributed by atoms with Crippen LogP contribution in [0.5, 0.6) is 0 Å². The molecule has 4 rings (SSSR count). The zero-order chi connectivity index (χ0) is 20.6. The van der Waals surface area contributed by atoms with Crippen LogP contribution in [0.15, 0.2) is 28.7 Å². The first-order valence-electron chi connectivity index (χ1n) is 9.52. The minimum Gasteiger partial charge on any atom is -0.449 e. The summed E-state index contributed by atoms with van der Waals surface area (Å²) < 4.78 is 36.3. The van der Waals surface area contributed by atoms with E-state index in [0.29, 0.717) is 56.7 Å². The second-order valence-electron chi connectivity index (χ2n) is 7.23. The number of nitrogens with zero attached hydrogens (tertiary/aromatic N) is 2. The number of hydrogen-bond acceptors (Lipinski definition) is 6. The molecule has 1 aromatic carbocycles. The lowest BCUT2D eigenvalue weighted by molar-refractivity contribution is -0.119. The molecule has 29 heavy (non-hydrogen) atoms. The van der Waals surface area contributed by atoms with Gasteiger partial charge >= 0.3 is 0 Å². The maximum atomic E-state index is 13.0. The van der Waals surface area contributed by atoms with E-state index < -0.39 is 22.0 Å². The molecular formula is C19H23N3O6S. The van der Waals surface area contributed by atoms with Gasteiger partial charge in [-0.3, -0.25) is 9.59 Å². The zero-order valence-electron chi connectivity index (χ0n) is 16.1. The van der Waals surface area contributed by atoms with Crippen molar-refractivity contribution >= 4 is 38.5 Å². The number of rotatable bonds is 4. The first kappa shape index (κ1) is 19.9. The molecule has 2 aromatic rings. The Morgan fingerprint density at radius 1 is 1.14 bits per heavy atom. The van der Waals surface area contributed by atoms with Gasteiger partial charge in [0.15, 0.2) is 0 Å². The van der Waals surface area contributed by atoms with Crippen LogP contribution in [0.1, 0.15) is 23.4 Å². The number of anilines is 1. The summed E-state index contributed by atoms with van der Waals surface area (Å²) in [5.74, 6) is -0.743. The molecule has 2 fully saturated rings. The fourth-order valence-electron chi connectivity index (χ4n) is 3.84. The van der Waals surface area contributed by atoms with Crippen molar-refractivity contribution in [3.05, 3.63) is 30.0 Å². The Morgan fingerprint density at radius 3 is 2.59 bits per heavy atom. The van der Waals surface area contributed by atoms with E-state index in [4.69, 9.17) is 9.15 Å². The number of amides is 2. The molecule has 10 heteroatoms. The van der Waals surface area contributed by atoms with E-state index >= 15 is 0 Å². The fourth-order valence-corrected chi connectivity index (χ4v) is 4.96. The third-order valence-corrected chi connectivity index (χ3v) is 6.56. The number of nitrogens with one attached hydrogen (secondary N) is 1. The first-order chi connectivity index (χ1) is 13.9. The Morgan fingerprint density at radius 2 is 1.86 bits per heavy atom. The van der Waals surface area contributed by atoms with E-state index in [1.807, 2.05) is 0 Å². The minimum absolute atomic E-state index is 0.0466. The molecule has 156 valence electrons. The van der Waals surface area contributed by atoms with E-state index in [1.165, 1.54) is 4.31 Å². The van der Waals surface area contributed by atoms with Gasteiger partial charge in [0.1, 0.15) is 17.3 Å². The number of hydrogen-bond donors (Lipinski definition) is 1. The smallest absolute Gasteiger partial charge is 0.291 e. The topological polar surface area (TPSA) is 109 Å². The van der Waals surface area contributed by atoms with Gasteiger partial charge in [-0.05, 0) is 25.0 Å². The lowest BCUT2D eigenvalue weighted by atomic mass is 10.1. The van der Waals surface area contributed by atoms with E-state index in [1.54, 1.807) is 29.2 Å². The molecule has 1 aromatic heterocycles. The summed E-state index contributed by atoms with van der Waals surface area (Å²) in [6.07, 6.45) is 2.14. The van der Waals surface area contributed by atoms with Crippen LogP contribution in [-0.4, -0.2) is 74.6 Å². The molecule has 0 saturated carbocycles. The molecule has 2 aliphatic rings. The number of benzene rings is 1. The fraction of sp³-hybridized carbons (Fsp3) is 0.474. The van der Waals surface area contributed by atoms with Gasteiger partial charge in [-0.15, -0.1) is 0 Å². The van der Waals surface area contributed by atoms with Gasteiger partial charge in [0.2, 0.25) is 21.7 Å². The molecule has 0 radical (unpaired) electrons. The summed E-state index contributed by atoms with van der Waals surface area (Å²) in [5, 5.41) is 3.38.